The van der Waals surface area contributed by atoms with Crippen molar-refractivity contribution in [2.75, 3.05) is 11.9 Å². The molecule has 8 heteroatoms. The Balaban J connectivity index is 2.16. The number of hydrogen-bond donors (Lipinski definition) is 2. The maximum Gasteiger partial charge on any atom is 0.275 e. The lowest BCUT2D eigenvalue weighted by molar-refractivity contribution is 0.102. The number of nitrogens with one attached hydrogen (secondary N) is 1. The first-order valence-electron chi connectivity index (χ1n) is 5.69. The Morgan fingerprint density at radius 3 is 2.85 bits per heavy atom. The van der Waals surface area contributed by atoms with Crippen molar-refractivity contribution in [3.8, 4) is 0 Å². The third-order valence-corrected chi connectivity index (χ3v) is 3.12. The smallest absolute Gasteiger partial charge is 0.275 e. The van der Waals surface area contributed by atoms with Crippen LogP contribution in [0.3, 0.4) is 0 Å². The first-order chi connectivity index (χ1) is 9.51. The van der Waals surface area contributed by atoms with E-state index in [0.29, 0.717) is 19.2 Å². The van der Waals surface area contributed by atoms with Gasteiger partial charge in [0.2, 0.25) is 0 Å². The van der Waals surface area contributed by atoms with E-state index in [4.69, 9.17) is 5.73 Å². The number of benzene rings is 1. The molecule has 0 bridgehead atoms. The first-order valence-corrected chi connectivity index (χ1v) is 6.48. The summed E-state index contributed by atoms with van der Waals surface area (Å²) in [6.07, 6.45) is 2.96. The predicted molar refractivity (Wildman–Crippen MR) is 73.3 cm³/mol. The zero-order chi connectivity index (χ0) is 14.7. The average molecular weight is 345 g/mol. The van der Waals surface area contributed by atoms with Crippen LogP contribution in [-0.2, 0) is 6.54 Å². The molecule has 106 valence electrons. The van der Waals surface area contributed by atoms with Crippen LogP contribution in [-0.4, -0.2) is 22.0 Å². The van der Waals surface area contributed by atoms with Gasteiger partial charge in [0, 0.05) is 25.4 Å². The molecular formula is C12H11BrF2N4O. The molecule has 1 aromatic heterocycles. The number of carbonyl (C=O) groups excluding carboxylic acids is 1. The highest BCUT2D eigenvalue weighted by molar-refractivity contribution is 9.10. The monoisotopic (exact) mass is 344 g/mol. The molecule has 0 saturated carbocycles. The third kappa shape index (κ3) is 3.20. The van der Waals surface area contributed by atoms with Crippen LogP contribution < -0.4 is 11.1 Å². The summed E-state index contributed by atoms with van der Waals surface area (Å²) in [6, 6.07) is 1.84. The highest BCUT2D eigenvalue weighted by Gasteiger charge is 2.14. The fourth-order valence-electron chi connectivity index (χ4n) is 1.55. The van der Waals surface area contributed by atoms with Gasteiger partial charge in [-0.1, -0.05) is 0 Å². The summed E-state index contributed by atoms with van der Waals surface area (Å²) in [6.45, 7) is 0.938. The van der Waals surface area contributed by atoms with Crippen LogP contribution in [0.5, 0.6) is 0 Å². The molecule has 0 fully saturated rings. The van der Waals surface area contributed by atoms with Crippen LogP contribution in [0.4, 0.5) is 14.5 Å². The molecule has 0 unspecified atom stereocenters. The molecule has 3 N–H and O–H groups in total. The molecule has 1 aromatic carbocycles. The minimum atomic E-state index is -0.861. The molecule has 5 nitrogen and oxygen atoms in total. The van der Waals surface area contributed by atoms with Crippen LogP contribution in [0.25, 0.3) is 0 Å². The standard InChI is InChI=1S/C12H11BrF2N4O/c13-7-3-10(9(15)4-8(7)14)18-12(20)11-5-19(2-1-16)6-17-11/h3-6H,1-2,16H2,(H,18,20). The molecule has 0 saturated heterocycles. The molecule has 0 radical (unpaired) electrons. The van der Waals surface area contributed by atoms with Gasteiger partial charge in [-0.2, -0.15) is 0 Å². The zero-order valence-electron chi connectivity index (χ0n) is 10.2. The van der Waals surface area contributed by atoms with E-state index in [-0.39, 0.29) is 15.9 Å². The molecule has 0 aliphatic rings. The van der Waals surface area contributed by atoms with Gasteiger partial charge in [-0.05, 0) is 22.0 Å². The second-order valence-electron chi connectivity index (χ2n) is 3.99. The highest BCUT2D eigenvalue weighted by atomic mass is 79.9. The van der Waals surface area contributed by atoms with Gasteiger partial charge in [0.25, 0.3) is 5.91 Å². The number of nitrogens with zero attached hydrogens (tertiary/aromatic N) is 2. The molecule has 0 aliphatic heterocycles. The maximum absolute atomic E-state index is 13.5. The van der Waals surface area contributed by atoms with Crippen LogP contribution in [0.15, 0.2) is 29.1 Å². The number of anilines is 1. The van der Waals surface area contributed by atoms with E-state index < -0.39 is 17.5 Å². The van der Waals surface area contributed by atoms with E-state index in [2.05, 4.69) is 26.2 Å². The molecule has 0 aliphatic carbocycles. The van der Waals surface area contributed by atoms with Gasteiger partial charge in [0.15, 0.2) is 0 Å². The van der Waals surface area contributed by atoms with Gasteiger partial charge < -0.3 is 15.6 Å². The van der Waals surface area contributed by atoms with Crippen LogP contribution in [0.2, 0.25) is 0 Å². The maximum atomic E-state index is 13.5. The summed E-state index contributed by atoms with van der Waals surface area (Å²) >= 11 is 2.92. The van der Waals surface area contributed by atoms with E-state index in [9.17, 15) is 13.6 Å². The molecule has 1 amide bonds. The summed E-state index contributed by atoms with van der Waals surface area (Å²) in [7, 11) is 0. The molecule has 1 heterocycles. The van der Waals surface area contributed by atoms with Crippen LogP contribution >= 0.6 is 15.9 Å². The highest BCUT2D eigenvalue weighted by Crippen LogP contribution is 2.23. The second kappa shape index (κ2) is 6.10. The summed E-state index contributed by atoms with van der Waals surface area (Å²) in [4.78, 5) is 15.8. The lowest BCUT2D eigenvalue weighted by Gasteiger charge is -2.06. The SMILES string of the molecule is NCCn1cnc(C(=O)Nc2cc(Br)c(F)cc2F)c1. The van der Waals surface area contributed by atoms with Crippen molar-refractivity contribution in [3.63, 3.8) is 0 Å². The van der Waals surface area contributed by atoms with E-state index in [0.717, 1.165) is 6.07 Å². The Hall–Kier alpha value is -1.80. The van der Waals surface area contributed by atoms with Crippen LogP contribution in [0, 0.1) is 11.6 Å². The third-order valence-electron chi connectivity index (χ3n) is 2.51. The Bertz CT molecular complexity index is 644. The fourth-order valence-corrected chi connectivity index (χ4v) is 1.90. The molecule has 0 atom stereocenters. The minimum absolute atomic E-state index is 0.0582. The first kappa shape index (κ1) is 14.6. The summed E-state index contributed by atoms with van der Waals surface area (Å²) in [5.74, 6) is -2.19. The Kier molecular flexibility index (Phi) is 4.46. The number of aromatic nitrogens is 2. The van der Waals surface area contributed by atoms with Crippen molar-refractivity contribution < 1.29 is 13.6 Å². The molecule has 20 heavy (non-hydrogen) atoms. The number of halogens is 3. The molecule has 2 aromatic rings. The summed E-state index contributed by atoms with van der Waals surface area (Å²) in [5.41, 5.74) is 5.38. The normalized spacial score (nSPS) is 10.6. The van der Waals surface area contributed by atoms with Crippen molar-refractivity contribution >= 4 is 27.5 Å². The Morgan fingerprint density at radius 1 is 1.40 bits per heavy atom. The Labute approximate surface area is 121 Å². The molecule has 0 spiro atoms. The second-order valence-corrected chi connectivity index (χ2v) is 4.84. The number of carbonyl (C=O) groups is 1. The van der Waals surface area contributed by atoms with Gasteiger partial charge >= 0.3 is 0 Å². The van der Waals surface area contributed by atoms with Crippen molar-refractivity contribution in [1.29, 1.82) is 0 Å². The lowest BCUT2D eigenvalue weighted by atomic mass is 10.3. The van der Waals surface area contributed by atoms with E-state index >= 15 is 0 Å². The number of imidazole rings is 1. The van der Waals surface area contributed by atoms with Crippen molar-refractivity contribution in [1.82, 2.24) is 9.55 Å². The van der Waals surface area contributed by atoms with Gasteiger partial charge in [0.1, 0.15) is 17.3 Å². The van der Waals surface area contributed by atoms with Gasteiger partial charge in [0.05, 0.1) is 16.5 Å². The average Bonchev–Trinajstić information content (AvgIpc) is 2.85. The summed E-state index contributed by atoms with van der Waals surface area (Å²) in [5, 5.41) is 2.33. The largest absolute Gasteiger partial charge is 0.335 e. The van der Waals surface area contributed by atoms with E-state index in [1.165, 1.54) is 12.5 Å². The Morgan fingerprint density at radius 2 is 2.15 bits per heavy atom. The fraction of sp³-hybridized carbons (Fsp3) is 0.167. The zero-order valence-corrected chi connectivity index (χ0v) is 11.8. The summed E-state index contributed by atoms with van der Waals surface area (Å²) < 4.78 is 28.3. The van der Waals surface area contributed by atoms with Crippen molar-refractivity contribution in [3.05, 3.63) is 46.5 Å². The predicted octanol–water partition coefficient (Wildman–Crippen LogP) is 2.13. The quantitative estimate of drug-likeness (QED) is 0.834. The minimum Gasteiger partial charge on any atom is -0.335 e. The number of hydrogen-bond acceptors (Lipinski definition) is 3. The van der Waals surface area contributed by atoms with Crippen LogP contribution in [0.1, 0.15) is 10.5 Å². The lowest BCUT2D eigenvalue weighted by Crippen LogP contribution is -2.14. The van der Waals surface area contributed by atoms with Gasteiger partial charge in [-0.25, -0.2) is 13.8 Å². The van der Waals surface area contributed by atoms with E-state index in [1.54, 1.807) is 4.57 Å². The number of nitrogens with two attached hydrogens (primary N) is 1. The number of rotatable bonds is 4. The topological polar surface area (TPSA) is 72.9 Å². The molecular weight excluding hydrogens is 334 g/mol. The van der Waals surface area contributed by atoms with Crippen molar-refractivity contribution in [2.45, 2.75) is 6.54 Å². The van der Waals surface area contributed by atoms with E-state index in [1.807, 2.05) is 0 Å². The van der Waals surface area contributed by atoms with Crippen molar-refractivity contribution in [2.24, 2.45) is 5.73 Å². The number of amides is 1. The van der Waals surface area contributed by atoms with Gasteiger partial charge in [-0.15, -0.1) is 0 Å². The molecule has 2 rings (SSSR count). The van der Waals surface area contributed by atoms with Gasteiger partial charge in [-0.3, -0.25) is 4.79 Å².